The van der Waals surface area contributed by atoms with Crippen LogP contribution in [0.5, 0.6) is 0 Å². The van der Waals surface area contributed by atoms with Gasteiger partial charge in [0.1, 0.15) is 6.54 Å². The molecule has 1 amide bonds. The number of nitrogens with one attached hydrogen (secondary N) is 3. The Balaban J connectivity index is 2.55. The number of anilines is 1. The Morgan fingerprint density at radius 2 is 2.15 bits per heavy atom. The quantitative estimate of drug-likeness (QED) is 0.567. The summed E-state index contributed by atoms with van der Waals surface area (Å²) in [5.41, 5.74) is 0.364. The van der Waals surface area contributed by atoms with Gasteiger partial charge in [0.15, 0.2) is 0 Å². The largest absolute Gasteiger partial charge is 0.382 e. The highest BCUT2D eigenvalue weighted by molar-refractivity contribution is 5.75. The predicted octanol–water partition coefficient (Wildman–Crippen LogP) is -0.353. The molecule has 0 bridgehead atoms. The summed E-state index contributed by atoms with van der Waals surface area (Å²) in [6.45, 7) is 6.06. The molecule has 7 heteroatoms. The van der Waals surface area contributed by atoms with E-state index in [2.05, 4.69) is 21.0 Å². The lowest BCUT2D eigenvalue weighted by molar-refractivity contribution is -0.122. The minimum absolute atomic E-state index is 0.0532. The SMILES string of the molecule is CNCCNc1cnn(CC(=O)NCC(C)C)c(=O)c1. The van der Waals surface area contributed by atoms with E-state index in [1.165, 1.54) is 6.07 Å². The third-order valence-electron chi connectivity index (χ3n) is 2.57. The molecule has 0 aliphatic rings. The minimum atomic E-state index is -0.292. The van der Waals surface area contributed by atoms with E-state index in [1.807, 2.05) is 20.9 Å². The molecule has 0 saturated carbocycles. The summed E-state index contributed by atoms with van der Waals surface area (Å²) in [7, 11) is 1.85. The molecule has 0 radical (unpaired) electrons. The number of hydrogen-bond acceptors (Lipinski definition) is 5. The highest BCUT2D eigenvalue weighted by Gasteiger charge is 2.06. The average Bonchev–Trinajstić information content (AvgIpc) is 2.40. The van der Waals surface area contributed by atoms with Crippen molar-refractivity contribution in [2.45, 2.75) is 20.4 Å². The van der Waals surface area contributed by atoms with Crippen molar-refractivity contribution < 1.29 is 4.79 Å². The third-order valence-corrected chi connectivity index (χ3v) is 2.57. The van der Waals surface area contributed by atoms with E-state index in [0.29, 0.717) is 24.7 Å². The van der Waals surface area contributed by atoms with E-state index in [9.17, 15) is 9.59 Å². The van der Waals surface area contributed by atoms with Crippen LogP contribution in [0.4, 0.5) is 5.69 Å². The average molecular weight is 281 g/mol. The second kappa shape index (κ2) is 8.31. The monoisotopic (exact) mass is 281 g/mol. The van der Waals surface area contributed by atoms with Crippen LogP contribution in [-0.2, 0) is 11.3 Å². The Kier molecular flexibility index (Phi) is 6.72. The van der Waals surface area contributed by atoms with Gasteiger partial charge in [-0.2, -0.15) is 5.10 Å². The summed E-state index contributed by atoms with van der Waals surface area (Å²) in [5.74, 6) is 0.173. The van der Waals surface area contributed by atoms with Crippen molar-refractivity contribution in [2.75, 3.05) is 32.0 Å². The minimum Gasteiger partial charge on any atom is -0.382 e. The van der Waals surface area contributed by atoms with Gasteiger partial charge >= 0.3 is 0 Å². The first-order valence-electron chi connectivity index (χ1n) is 6.75. The zero-order valence-electron chi connectivity index (χ0n) is 12.3. The molecule has 3 N–H and O–H groups in total. The van der Waals surface area contributed by atoms with Crippen LogP contribution in [-0.4, -0.2) is 42.4 Å². The smallest absolute Gasteiger partial charge is 0.269 e. The fraction of sp³-hybridized carbons (Fsp3) is 0.615. The van der Waals surface area contributed by atoms with Gasteiger partial charge in [-0.1, -0.05) is 13.8 Å². The van der Waals surface area contributed by atoms with Crippen molar-refractivity contribution in [2.24, 2.45) is 5.92 Å². The van der Waals surface area contributed by atoms with E-state index in [-0.39, 0.29) is 18.0 Å². The maximum absolute atomic E-state index is 11.8. The van der Waals surface area contributed by atoms with Crippen LogP contribution >= 0.6 is 0 Å². The van der Waals surface area contributed by atoms with E-state index in [1.54, 1.807) is 6.20 Å². The number of carbonyl (C=O) groups is 1. The predicted molar refractivity (Wildman–Crippen MR) is 78.8 cm³/mol. The summed E-state index contributed by atoms with van der Waals surface area (Å²) < 4.78 is 1.15. The van der Waals surface area contributed by atoms with Crippen molar-refractivity contribution in [3.8, 4) is 0 Å². The lowest BCUT2D eigenvalue weighted by atomic mass is 10.2. The van der Waals surface area contributed by atoms with E-state index >= 15 is 0 Å². The number of hydrogen-bond donors (Lipinski definition) is 3. The number of amides is 1. The zero-order valence-corrected chi connectivity index (χ0v) is 12.3. The van der Waals surface area contributed by atoms with Gasteiger partial charge < -0.3 is 16.0 Å². The molecule has 0 aliphatic carbocycles. The fourth-order valence-electron chi connectivity index (χ4n) is 1.49. The number of rotatable bonds is 8. The second-order valence-electron chi connectivity index (χ2n) is 4.97. The van der Waals surface area contributed by atoms with E-state index in [4.69, 9.17) is 0 Å². The van der Waals surface area contributed by atoms with Gasteiger partial charge in [0.25, 0.3) is 5.56 Å². The molecular formula is C13H23N5O2. The van der Waals surface area contributed by atoms with Crippen LogP contribution in [0.3, 0.4) is 0 Å². The first kappa shape index (κ1) is 16.2. The van der Waals surface area contributed by atoms with Gasteiger partial charge in [-0.3, -0.25) is 9.59 Å². The molecule has 0 aliphatic heterocycles. The number of likely N-dealkylation sites (N-methyl/N-ethyl adjacent to an activating group) is 1. The van der Waals surface area contributed by atoms with Crippen LogP contribution in [0.25, 0.3) is 0 Å². The first-order chi connectivity index (χ1) is 9.52. The molecule has 0 aromatic carbocycles. The van der Waals surface area contributed by atoms with Crippen molar-refractivity contribution >= 4 is 11.6 Å². The van der Waals surface area contributed by atoms with Crippen LogP contribution in [0.2, 0.25) is 0 Å². The fourth-order valence-corrected chi connectivity index (χ4v) is 1.49. The molecular weight excluding hydrogens is 258 g/mol. The normalized spacial score (nSPS) is 10.6. The Hall–Kier alpha value is -1.89. The van der Waals surface area contributed by atoms with Gasteiger partial charge in [0.05, 0.1) is 11.9 Å². The van der Waals surface area contributed by atoms with Crippen LogP contribution < -0.4 is 21.5 Å². The molecule has 0 unspecified atom stereocenters. The molecule has 0 saturated heterocycles. The maximum atomic E-state index is 11.8. The first-order valence-corrected chi connectivity index (χ1v) is 6.75. The number of nitrogens with zero attached hydrogens (tertiary/aromatic N) is 2. The molecule has 0 fully saturated rings. The molecule has 112 valence electrons. The van der Waals surface area contributed by atoms with Gasteiger partial charge in [-0.15, -0.1) is 0 Å². The Bertz CT molecular complexity index is 484. The van der Waals surface area contributed by atoms with Crippen molar-refractivity contribution in [1.82, 2.24) is 20.4 Å². The Morgan fingerprint density at radius 3 is 2.75 bits per heavy atom. The van der Waals surface area contributed by atoms with Crippen molar-refractivity contribution in [1.29, 1.82) is 0 Å². The van der Waals surface area contributed by atoms with Crippen LogP contribution in [0.1, 0.15) is 13.8 Å². The highest BCUT2D eigenvalue weighted by atomic mass is 16.2. The van der Waals surface area contributed by atoms with Gasteiger partial charge in [0.2, 0.25) is 5.91 Å². The van der Waals surface area contributed by atoms with Gasteiger partial charge in [-0.05, 0) is 13.0 Å². The van der Waals surface area contributed by atoms with Crippen LogP contribution in [0.15, 0.2) is 17.1 Å². The molecule has 0 atom stereocenters. The summed E-state index contributed by atoms with van der Waals surface area (Å²) >= 11 is 0. The Morgan fingerprint density at radius 1 is 1.40 bits per heavy atom. The topological polar surface area (TPSA) is 88.1 Å². The molecule has 20 heavy (non-hydrogen) atoms. The standard InChI is InChI=1S/C13H23N5O2/c1-10(2)7-16-12(19)9-18-13(20)6-11(8-17-18)15-5-4-14-3/h6,8,10,14-15H,4-5,7,9H2,1-3H3,(H,16,19). The Labute approximate surface area is 118 Å². The molecule has 7 nitrogen and oxygen atoms in total. The lowest BCUT2D eigenvalue weighted by Crippen LogP contribution is -2.35. The zero-order chi connectivity index (χ0) is 15.0. The summed E-state index contributed by atoms with van der Waals surface area (Å²) in [5, 5.41) is 12.8. The third kappa shape index (κ3) is 5.83. The van der Waals surface area contributed by atoms with E-state index in [0.717, 1.165) is 11.2 Å². The highest BCUT2D eigenvalue weighted by Crippen LogP contribution is 1.98. The van der Waals surface area contributed by atoms with Crippen LogP contribution in [0, 0.1) is 5.92 Å². The molecule has 1 aromatic rings. The number of carbonyl (C=O) groups excluding carboxylic acids is 1. The second-order valence-corrected chi connectivity index (χ2v) is 4.97. The molecule has 1 heterocycles. The van der Waals surface area contributed by atoms with Gasteiger partial charge in [0, 0.05) is 25.7 Å². The van der Waals surface area contributed by atoms with Gasteiger partial charge in [-0.25, -0.2) is 4.68 Å². The molecule has 0 spiro atoms. The van der Waals surface area contributed by atoms with E-state index < -0.39 is 0 Å². The molecule has 1 rings (SSSR count). The van der Waals surface area contributed by atoms with Crippen molar-refractivity contribution in [3.63, 3.8) is 0 Å². The summed E-state index contributed by atoms with van der Waals surface area (Å²) in [6.07, 6.45) is 1.55. The number of aromatic nitrogens is 2. The maximum Gasteiger partial charge on any atom is 0.269 e. The summed E-state index contributed by atoms with van der Waals surface area (Å²) in [6, 6.07) is 1.44. The van der Waals surface area contributed by atoms with Crippen molar-refractivity contribution in [3.05, 3.63) is 22.6 Å². The lowest BCUT2D eigenvalue weighted by Gasteiger charge is -2.09. The molecule has 1 aromatic heterocycles. The summed E-state index contributed by atoms with van der Waals surface area (Å²) in [4.78, 5) is 23.4.